The minimum Gasteiger partial charge on any atom is -0.489 e. The van der Waals surface area contributed by atoms with Gasteiger partial charge in [0.05, 0.1) is 10.5 Å². The molecule has 3 heterocycles. The second kappa shape index (κ2) is 7.75. The topological polar surface area (TPSA) is 75.9 Å². The van der Waals surface area contributed by atoms with Crippen molar-refractivity contribution in [2.45, 2.75) is 29.6 Å². The second-order valence-electron chi connectivity index (χ2n) is 7.99. The van der Waals surface area contributed by atoms with Crippen molar-refractivity contribution in [3.05, 3.63) is 54.4 Å². The zero-order chi connectivity index (χ0) is 22.5. The SMILES string of the molecule is O=S(=O)(c1cccc(C(F)(F)F)c1)N1CCN2CC(Oc3ccc4ocnc4c3)CC2C1. The Hall–Kier alpha value is -2.63. The number of rotatable bonds is 4. The molecule has 0 spiro atoms. The van der Waals surface area contributed by atoms with E-state index in [-0.39, 0.29) is 30.1 Å². The van der Waals surface area contributed by atoms with Gasteiger partial charge in [-0.15, -0.1) is 0 Å². The summed E-state index contributed by atoms with van der Waals surface area (Å²) in [7, 11) is -4.03. The summed E-state index contributed by atoms with van der Waals surface area (Å²) in [6, 6.07) is 9.20. The zero-order valence-corrected chi connectivity index (χ0v) is 17.6. The van der Waals surface area contributed by atoms with Crippen molar-refractivity contribution in [2.24, 2.45) is 0 Å². The molecule has 0 bridgehead atoms. The monoisotopic (exact) mass is 467 g/mol. The van der Waals surface area contributed by atoms with Gasteiger partial charge in [0.2, 0.25) is 10.0 Å². The van der Waals surface area contributed by atoms with Crippen LogP contribution in [0.1, 0.15) is 12.0 Å². The molecule has 0 amide bonds. The van der Waals surface area contributed by atoms with Crippen LogP contribution >= 0.6 is 0 Å². The Morgan fingerprint density at radius 3 is 2.75 bits per heavy atom. The number of benzene rings is 2. The number of piperazine rings is 1. The summed E-state index contributed by atoms with van der Waals surface area (Å²) in [4.78, 5) is 5.94. The van der Waals surface area contributed by atoms with E-state index in [9.17, 15) is 21.6 Å². The van der Waals surface area contributed by atoms with Crippen LogP contribution in [-0.2, 0) is 16.2 Å². The molecule has 1 aromatic heterocycles. The summed E-state index contributed by atoms with van der Waals surface area (Å²) in [6.07, 6.45) is -2.75. The van der Waals surface area contributed by atoms with Gasteiger partial charge in [0, 0.05) is 44.7 Å². The predicted molar refractivity (Wildman–Crippen MR) is 109 cm³/mol. The van der Waals surface area contributed by atoms with Gasteiger partial charge in [0.1, 0.15) is 17.4 Å². The fourth-order valence-corrected chi connectivity index (χ4v) is 5.87. The molecule has 170 valence electrons. The van der Waals surface area contributed by atoms with Crippen molar-refractivity contribution >= 4 is 21.1 Å². The number of hydrogen-bond acceptors (Lipinski definition) is 6. The van der Waals surface area contributed by atoms with Crippen molar-refractivity contribution in [1.82, 2.24) is 14.2 Å². The molecule has 32 heavy (non-hydrogen) atoms. The largest absolute Gasteiger partial charge is 0.489 e. The third kappa shape index (κ3) is 3.96. The van der Waals surface area contributed by atoms with E-state index in [4.69, 9.17) is 9.15 Å². The van der Waals surface area contributed by atoms with E-state index in [1.165, 1.54) is 16.8 Å². The summed E-state index contributed by atoms with van der Waals surface area (Å²) >= 11 is 0. The van der Waals surface area contributed by atoms with Gasteiger partial charge in [-0.3, -0.25) is 4.90 Å². The Labute approximate surface area is 182 Å². The number of sulfonamides is 1. The maximum atomic E-state index is 13.0. The summed E-state index contributed by atoms with van der Waals surface area (Å²) in [5, 5.41) is 0. The molecular weight excluding hydrogens is 447 g/mol. The Bertz CT molecular complexity index is 1240. The van der Waals surface area contributed by atoms with Crippen LogP contribution in [0.2, 0.25) is 0 Å². The molecule has 2 fully saturated rings. The van der Waals surface area contributed by atoms with Crippen molar-refractivity contribution in [3.8, 4) is 5.75 Å². The highest BCUT2D eigenvalue weighted by molar-refractivity contribution is 7.89. The summed E-state index contributed by atoms with van der Waals surface area (Å²) < 4.78 is 77.7. The number of halogens is 3. The van der Waals surface area contributed by atoms with Crippen LogP contribution in [-0.4, -0.2) is 60.9 Å². The van der Waals surface area contributed by atoms with Gasteiger partial charge in [-0.05, 0) is 30.3 Å². The van der Waals surface area contributed by atoms with Crippen LogP contribution in [0.4, 0.5) is 13.2 Å². The Balaban J connectivity index is 1.28. The van der Waals surface area contributed by atoms with Gasteiger partial charge in [-0.2, -0.15) is 17.5 Å². The number of aromatic nitrogens is 1. The molecule has 2 saturated heterocycles. The molecule has 0 radical (unpaired) electrons. The first-order valence-corrected chi connectivity index (χ1v) is 11.6. The van der Waals surface area contributed by atoms with E-state index in [0.717, 1.165) is 12.1 Å². The lowest BCUT2D eigenvalue weighted by Gasteiger charge is -2.36. The normalized spacial score (nSPS) is 22.8. The molecule has 2 aliphatic heterocycles. The quantitative estimate of drug-likeness (QED) is 0.586. The number of fused-ring (bicyclic) bond motifs is 2. The van der Waals surface area contributed by atoms with E-state index >= 15 is 0 Å². The molecule has 7 nitrogen and oxygen atoms in total. The highest BCUT2D eigenvalue weighted by Gasteiger charge is 2.41. The lowest BCUT2D eigenvalue weighted by Crippen LogP contribution is -2.51. The maximum Gasteiger partial charge on any atom is 0.416 e. The van der Waals surface area contributed by atoms with Crippen molar-refractivity contribution < 1.29 is 30.7 Å². The number of alkyl halides is 3. The highest BCUT2D eigenvalue weighted by Crippen LogP contribution is 2.33. The van der Waals surface area contributed by atoms with E-state index in [0.29, 0.717) is 42.4 Å². The maximum absolute atomic E-state index is 13.0. The van der Waals surface area contributed by atoms with E-state index in [1.54, 1.807) is 18.2 Å². The number of ether oxygens (including phenoxy) is 1. The second-order valence-corrected chi connectivity index (χ2v) is 9.93. The first-order chi connectivity index (χ1) is 15.2. The zero-order valence-electron chi connectivity index (χ0n) is 16.8. The number of oxazole rings is 1. The molecule has 5 rings (SSSR count). The first kappa shape index (κ1) is 21.2. The summed E-state index contributed by atoms with van der Waals surface area (Å²) in [5.74, 6) is 0.657. The van der Waals surface area contributed by atoms with E-state index < -0.39 is 21.8 Å². The Morgan fingerprint density at radius 1 is 1.09 bits per heavy atom. The molecule has 3 aromatic rings. The van der Waals surface area contributed by atoms with Crippen LogP contribution < -0.4 is 4.74 Å². The predicted octanol–water partition coefficient (Wildman–Crippen LogP) is 3.37. The standard InChI is InChI=1S/C21H20F3N3O4S/c22-21(23,24)14-2-1-3-18(8-14)32(28,29)27-7-6-26-12-17(9-15(26)11-27)31-16-4-5-20-19(10-16)25-13-30-20/h1-5,8,10,13,15,17H,6-7,9,11-12H2. The van der Waals surface area contributed by atoms with Gasteiger partial charge in [0.15, 0.2) is 12.0 Å². The van der Waals surface area contributed by atoms with Gasteiger partial charge in [-0.25, -0.2) is 13.4 Å². The molecule has 0 saturated carbocycles. The molecule has 2 atom stereocenters. The molecule has 0 aliphatic carbocycles. The van der Waals surface area contributed by atoms with Gasteiger partial charge in [-0.1, -0.05) is 6.07 Å². The molecule has 11 heteroatoms. The summed E-state index contributed by atoms with van der Waals surface area (Å²) in [6.45, 7) is 1.57. The fourth-order valence-electron chi connectivity index (χ4n) is 4.36. The average Bonchev–Trinajstić information content (AvgIpc) is 3.38. The number of hydrogen-bond donors (Lipinski definition) is 0. The first-order valence-electron chi connectivity index (χ1n) is 10.1. The molecule has 2 aliphatic rings. The van der Waals surface area contributed by atoms with Crippen LogP contribution in [0.15, 0.2) is 58.2 Å². The highest BCUT2D eigenvalue weighted by atomic mass is 32.2. The number of nitrogens with zero attached hydrogens (tertiary/aromatic N) is 3. The van der Waals surface area contributed by atoms with Gasteiger partial charge >= 0.3 is 6.18 Å². The Morgan fingerprint density at radius 2 is 1.94 bits per heavy atom. The lowest BCUT2D eigenvalue weighted by molar-refractivity contribution is -0.137. The third-order valence-electron chi connectivity index (χ3n) is 5.94. The van der Waals surface area contributed by atoms with Crippen molar-refractivity contribution in [3.63, 3.8) is 0 Å². The van der Waals surface area contributed by atoms with Gasteiger partial charge < -0.3 is 9.15 Å². The minimum absolute atomic E-state index is 0.0647. The van der Waals surface area contributed by atoms with Crippen LogP contribution in [0, 0.1) is 0 Å². The van der Waals surface area contributed by atoms with Crippen LogP contribution in [0.5, 0.6) is 5.75 Å². The van der Waals surface area contributed by atoms with Crippen LogP contribution in [0.3, 0.4) is 0 Å². The fraction of sp³-hybridized carbons (Fsp3) is 0.381. The minimum atomic E-state index is -4.60. The smallest absolute Gasteiger partial charge is 0.416 e. The van der Waals surface area contributed by atoms with Gasteiger partial charge in [0.25, 0.3) is 0 Å². The van der Waals surface area contributed by atoms with E-state index in [1.807, 2.05) is 0 Å². The molecule has 2 unspecified atom stereocenters. The Kier molecular flexibility index (Phi) is 5.14. The van der Waals surface area contributed by atoms with Crippen LogP contribution in [0.25, 0.3) is 11.1 Å². The van der Waals surface area contributed by atoms with Crippen molar-refractivity contribution in [1.29, 1.82) is 0 Å². The lowest BCUT2D eigenvalue weighted by atomic mass is 10.1. The van der Waals surface area contributed by atoms with E-state index in [2.05, 4.69) is 9.88 Å². The average molecular weight is 467 g/mol. The summed E-state index contributed by atoms with van der Waals surface area (Å²) in [5.41, 5.74) is 0.379. The molecule has 0 N–H and O–H groups in total. The molecular formula is C21H20F3N3O4S. The molecule has 2 aromatic carbocycles. The third-order valence-corrected chi connectivity index (χ3v) is 7.81. The van der Waals surface area contributed by atoms with Crippen molar-refractivity contribution in [2.75, 3.05) is 26.2 Å².